The van der Waals surface area contributed by atoms with E-state index in [2.05, 4.69) is 40.5 Å². The van der Waals surface area contributed by atoms with E-state index in [1.807, 2.05) is 7.05 Å². The highest BCUT2D eigenvalue weighted by Gasteiger charge is 2.15. The first-order valence-corrected chi connectivity index (χ1v) is 6.94. The van der Waals surface area contributed by atoms with E-state index >= 15 is 0 Å². The molecule has 0 bridgehead atoms. The second-order valence-electron chi connectivity index (χ2n) is 4.82. The molecule has 0 spiro atoms. The first kappa shape index (κ1) is 15.1. The van der Waals surface area contributed by atoms with E-state index in [9.17, 15) is 5.26 Å². The van der Waals surface area contributed by atoms with Crippen LogP contribution >= 0.6 is 11.6 Å². The highest BCUT2D eigenvalue weighted by atomic mass is 35.5. The molecule has 0 atom stereocenters. The van der Waals surface area contributed by atoms with Crippen molar-refractivity contribution in [3.63, 3.8) is 0 Å². The third-order valence-electron chi connectivity index (χ3n) is 3.05. The molecule has 0 radical (unpaired) electrons. The van der Waals surface area contributed by atoms with Gasteiger partial charge in [-0.1, -0.05) is 25.4 Å². The lowest BCUT2D eigenvalue weighted by molar-refractivity contribution is 0.852. The SMILES string of the molecule is CNc1ncnc(Nc2cc(Cl)ccc2C#N)c1C(C)C. The summed E-state index contributed by atoms with van der Waals surface area (Å²) in [6.45, 7) is 4.13. The number of halogens is 1. The van der Waals surface area contributed by atoms with Gasteiger partial charge in [-0.2, -0.15) is 5.26 Å². The van der Waals surface area contributed by atoms with Crippen LogP contribution in [0.15, 0.2) is 24.5 Å². The number of nitriles is 1. The third-order valence-corrected chi connectivity index (χ3v) is 3.29. The zero-order chi connectivity index (χ0) is 15.4. The van der Waals surface area contributed by atoms with Crippen LogP contribution in [0.1, 0.15) is 30.9 Å². The summed E-state index contributed by atoms with van der Waals surface area (Å²) >= 11 is 6.01. The smallest absolute Gasteiger partial charge is 0.139 e. The number of nitrogens with zero attached hydrogens (tertiary/aromatic N) is 3. The molecule has 2 N–H and O–H groups in total. The van der Waals surface area contributed by atoms with Crippen LogP contribution in [0.25, 0.3) is 0 Å². The molecule has 0 unspecified atom stereocenters. The first-order valence-electron chi connectivity index (χ1n) is 6.56. The molecule has 0 fully saturated rings. The van der Waals surface area contributed by atoms with Crippen LogP contribution in [0, 0.1) is 11.3 Å². The van der Waals surface area contributed by atoms with Crippen molar-refractivity contribution < 1.29 is 0 Å². The summed E-state index contributed by atoms with van der Waals surface area (Å²) in [5.41, 5.74) is 2.11. The largest absolute Gasteiger partial charge is 0.373 e. The molecular weight excluding hydrogens is 286 g/mol. The molecule has 0 aliphatic heterocycles. The lowest BCUT2D eigenvalue weighted by Crippen LogP contribution is -2.07. The summed E-state index contributed by atoms with van der Waals surface area (Å²) in [4.78, 5) is 8.52. The Morgan fingerprint density at radius 2 is 1.95 bits per heavy atom. The van der Waals surface area contributed by atoms with E-state index in [0.717, 1.165) is 11.4 Å². The van der Waals surface area contributed by atoms with Crippen molar-refractivity contribution in [2.75, 3.05) is 17.7 Å². The minimum absolute atomic E-state index is 0.223. The lowest BCUT2D eigenvalue weighted by atomic mass is 10.0. The van der Waals surface area contributed by atoms with Gasteiger partial charge in [-0.25, -0.2) is 9.97 Å². The number of aromatic nitrogens is 2. The standard InChI is InChI=1S/C15H16ClN5/c1-9(2)13-14(18-3)19-8-20-15(13)21-12-6-11(16)5-4-10(12)7-17/h4-6,8-9H,1-3H3,(H2,18,19,20,21). The van der Waals surface area contributed by atoms with Crippen LogP contribution in [0.3, 0.4) is 0 Å². The average Bonchev–Trinajstić information content (AvgIpc) is 2.47. The molecule has 0 saturated carbocycles. The van der Waals surface area contributed by atoms with Gasteiger partial charge >= 0.3 is 0 Å². The summed E-state index contributed by atoms with van der Waals surface area (Å²) < 4.78 is 0. The number of hydrogen-bond acceptors (Lipinski definition) is 5. The highest BCUT2D eigenvalue weighted by Crippen LogP contribution is 2.31. The van der Waals surface area contributed by atoms with Crippen molar-refractivity contribution in [2.24, 2.45) is 0 Å². The molecular formula is C15H16ClN5. The van der Waals surface area contributed by atoms with Gasteiger partial charge in [-0.15, -0.1) is 0 Å². The maximum Gasteiger partial charge on any atom is 0.139 e. The van der Waals surface area contributed by atoms with Gasteiger partial charge in [0.15, 0.2) is 0 Å². The molecule has 0 saturated heterocycles. The number of anilines is 3. The molecule has 2 aromatic rings. The van der Waals surface area contributed by atoms with Crippen LogP contribution in [0.5, 0.6) is 0 Å². The third kappa shape index (κ3) is 3.23. The highest BCUT2D eigenvalue weighted by molar-refractivity contribution is 6.30. The Bertz CT molecular complexity index is 691. The van der Waals surface area contributed by atoms with Gasteiger partial charge in [-0.3, -0.25) is 0 Å². The molecule has 0 amide bonds. The van der Waals surface area contributed by atoms with E-state index in [1.165, 1.54) is 6.33 Å². The van der Waals surface area contributed by atoms with Crippen LogP contribution in [-0.4, -0.2) is 17.0 Å². The summed E-state index contributed by atoms with van der Waals surface area (Å²) in [5.74, 6) is 1.66. The zero-order valence-corrected chi connectivity index (χ0v) is 12.9. The Kier molecular flexibility index (Phi) is 4.61. The molecule has 5 nitrogen and oxygen atoms in total. The molecule has 1 aromatic carbocycles. The summed E-state index contributed by atoms with van der Waals surface area (Å²) in [6.07, 6.45) is 1.48. The van der Waals surface area contributed by atoms with Crippen LogP contribution in [0.2, 0.25) is 5.02 Å². The van der Waals surface area contributed by atoms with E-state index < -0.39 is 0 Å². The topological polar surface area (TPSA) is 73.6 Å². The van der Waals surface area contributed by atoms with E-state index in [0.29, 0.717) is 22.1 Å². The Morgan fingerprint density at radius 1 is 1.24 bits per heavy atom. The molecule has 0 aliphatic rings. The zero-order valence-electron chi connectivity index (χ0n) is 12.1. The van der Waals surface area contributed by atoms with Gasteiger partial charge < -0.3 is 10.6 Å². The molecule has 2 rings (SSSR count). The van der Waals surface area contributed by atoms with Gasteiger partial charge in [0.25, 0.3) is 0 Å². The van der Waals surface area contributed by atoms with Gasteiger partial charge in [0.2, 0.25) is 0 Å². The summed E-state index contributed by atoms with van der Waals surface area (Å²) in [5, 5.41) is 16.0. The van der Waals surface area contributed by atoms with Gasteiger partial charge in [0, 0.05) is 17.6 Å². The summed E-state index contributed by atoms with van der Waals surface area (Å²) in [7, 11) is 1.82. The number of rotatable bonds is 4. The average molecular weight is 302 g/mol. The van der Waals surface area contributed by atoms with Crippen molar-refractivity contribution >= 4 is 28.9 Å². The Balaban J connectivity index is 2.50. The monoisotopic (exact) mass is 301 g/mol. The van der Waals surface area contributed by atoms with Crippen molar-refractivity contribution in [3.8, 4) is 6.07 Å². The van der Waals surface area contributed by atoms with Crippen LogP contribution in [-0.2, 0) is 0 Å². The second kappa shape index (κ2) is 6.42. The molecule has 21 heavy (non-hydrogen) atoms. The molecule has 6 heteroatoms. The predicted molar refractivity (Wildman–Crippen MR) is 85.1 cm³/mol. The Hall–Kier alpha value is -2.32. The lowest BCUT2D eigenvalue weighted by Gasteiger charge is -2.17. The quantitative estimate of drug-likeness (QED) is 0.895. The second-order valence-corrected chi connectivity index (χ2v) is 5.25. The minimum Gasteiger partial charge on any atom is -0.373 e. The van der Waals surface area contributed by atoms with Crippen molar-refractivity contribution in [3.05, 3.63) is 40.7 Å². The predicted octanol–water partition coefficient (Wildman–Crippen LogP) is 3.91. The van der Waals surface area contributed by atoms with Crippen LogP contribution < -0.4 is 10.6 Å². The fraction of sp³-hybridized carbons (Fsp3) is 0.267. The molecule has 108 valence electrons. The number of benzene rings is 1. The first-order chi connectivity index (χ1) is 10.1. The van der Waals surface area contributed by atoms with Gasteiger partial charge in [-0.05, 0) is 24.1 Å². The Labute approximate surface area is 129 Å². The van der Waals surface area contributed by atoms with Crippen molar-refractivity contribution in [2.45, 2.75) is 19.8 Å². The maximum absolute atomic E-state index is 9.19. The fourth-order valence-corrected chi connectivity index (χ4v) is 2.26. The van der Waals surface area contributed by atoms with E-state index in [-0.39, 0.29) is 5.92 Å². The summed E-state index contributed by atoms with van der Waals surface area (Å²) in [6, 6.07) is 7.22. The van der Waals surface area contributed by atoms with Gasteiger partial charge in [0.05, 0.1) is 11.3 Å². The van der Waals surface area contributed by atoms with E-state index in [1.54, 1.807) is 18.2 Å². The molecule has 0 aliphatic carbocycles. The van der Waals surface area contributed by atoms with Crippen molar-refractivity contribution in [1.29, 1.82) is 5.26 Å². The van der Waals surface area contributed by atoms with E-state index in [4.69, 9.17) is 11.6 Å². The van der Waals surface area contributed by atoms with Crippen LogP contribution in [0.4, 0.5) is 17.3 Å². The van der Waals surface area contributed by atoms with Crippen molar-refractivity contribution in [1.82, 2.24) is 9.97 Å². The number of hydrogen-bond donors (Lipinski definition) is 2. The normalized spacial score (nSPS) is 10.3. The minimum atomic E-state index is 0.223. The van der Waals surface area contributed by atoms with Gasteiger partial charge in [0.1, 0.15) is 24.0 Å². The number of nitrogens with one attached hydrogen (secondary N) is 2. The molecule has 1 heterocycles. The fourth-order valence-electron chi connectivity index (χ4n) is 2.09. The molecule has 1 aromatic heterocycles. The maximum atomic E-state index is 9.19. The Morgan fingerprint density at radius 3 is 2.57 bits per heavy atom.